The first kappa shape index (κ1) is 12.0. The molecule has 1 aliphatic carbocycles. The Hall–Kier alpha value is -1.43. The number of aromatic carboxylic acids is 1. The molecule has 5 nitrogen and oxygen atoms in total. The first-order valence-electron chi connectivity index (χ1n) is 5.55. The van der Waals surface area contributed by atoms with Crippen LogP contribution in [0.2, 0.25) is 0 Å². The quantitative estimate of drug-likeness (QED) is 0.836. The highest BCUT2D eigenvalue weighted by molar-refractivity contribution is 7.11. The topological polar surface area (TPSA) is 79.3 Å². The third-order valence-corrected chi connectivity index (χ3v) is 3.77. The number of nitrogens with zero attached hydrogens (tertiary/aromatic N) is 1. The summed E-state index contributed by atoms with van der Waals surface area (Å²) in [5.74, 6) is -0.166. The van der Waals surface area contributed by atoms with Crippen LogP contribution in [0.3, 0.4) is 0 Å². The van der Waals surface area contributed by atoms with E-state index in [0.717, 1.165) is 17.3 Å². The van der Waals surface area contributed by atoms with Gasteiger partial charge >= 0.3 is 5.97 Å². The van der Waals surface area contributed by atoms with Gasteiger partial charge in [0.15, 0.2) is 10.7 Å². The highest BCUT2D eigenvalue weighted by Crippen LogP contribution is 2.36. The van der Waals surface area contributed by atoms with Crippen LogP contribution in [-0.4, -0.2) is 28.5 Å². The van der Waals surface area contributed by atoms with Crippen LogP contribution in [0.4, 0.5) is 0 Å². The Morgan fingerprint density at radius 1 is 1.65 bits per heavy atom. The van der Waals surface area contributed by atoms with E-state index >= 15 is 0 Å². The van der Waals surface area contributed by atoms with Gasteiger partial charge in [-0.15, -0.1) is 11.3 Å². The van der Waals surface area contributed by atoms with E-state index in [0.29, 0.717) is 12.5 Å². The second-order valence-corrected chi connectivity index (χ2v) is 5.23. The zero-order chi connectivity index (χ0) is 12.4. The van der Waals surface area contributed by atoms with Gasteiger partial charge in [0.1, 0.15) is 0 Å². The number of carbonyl (C=O) groups excluding carboxylic acids is 1. The lowest BCUT2D eigenvalue weighted by molar-refractivity contribution is 0.0691. The highest BCUT2D eigenvalue weighted by Gasteiger charge is 2.28. The van der Waals surface area contributed by atoms with Crippen LogP contribution in [0.15, 0.2) is 5.38 Å². The first-order valence-corrected chi connectivity index (χ1v) is 6.43. The number of rotatable bonds is 5. The van der Waals surface area contributed by atoms with Gasteiger partial charge in [-0.25, -0.2) is 9.78 Å². The molecule has 2 rings (SSSR count). The van der Waals surface area contributed by atoms with Gasteiger partial charge in [0.05, 0.1) is 0 Å². The normalized spacial score (nSPS) is 16.5. The van der Waals surface area contributed by atoms with Crippen molar-refractivity contribution in [2.24, 2.45) is 11.8 Å². The van der Waals surface area contributed by atoms with Gasteiger partial charge in [-0.3, -0.25) is 4.79 Å². The van der Waals surface area contributed by atoms with Crippen molar-refractivity contribution in [1.29, 1.82) is 0 Å². The maximum absolute atomic E-state index is 11.7. The molecule has 0 aliphatic heterocycles. The lowest BCUT2D eigenvalue weighted by Gasteiger charge is -2.09. The number of aromatic nitrogens is 1. The van der Waals surface area contributed by atoms with Crippen molar-refractivity contribution in [2.75, 3.05) is 6.54 Å². The van der Waals surface area contributed by atoms with Crippen LogP contribution >= 0.6 is 11.3 Å². The van der Waals surface area contributed by atoms with Gasteiger partial charge in [0.2, 0.25) is 0 Å². The number of carboxylic acid groups (broad SMARTS) is 1. The lowest BCUT2D eigenvalue weighted by atomic mass is 10.1. The summed E-state index contributed by atoms with van der Waals surface area (Å²) < 4.78 is 0. The third kappa shape index (κ3) is 3.03. The van der Waals surface area contributed by atoms with Gasteiger partial charge in [-0.1, -0.05) is 6.92 Å². The van der Waals surface area contributed by atoms with E-state index in [2.05, 4.69) is 17.2 Å². The Labute approximate surface area is 103 Å². The Bertz CT molecular complexity index is 440. The molecule has 1 amide bonds. The number of amides is 1. The summed E-state index contributed by atoms with van der Waals surface area (Å²) in [5, 5.41) is 13.1. The van der Waals surface area contributed by atoms with Crippen molar-refractivity contribution in [3.8, 4) is 0 Å². The molecule has 2 N–H and O–H groups in total. The molecule has 1 aliphatic rings. The molecule has 1 aromatic rings. The molecule has 1 atom stereocenters. The number of carbonyl (C=O) groups is 2. The number of nitrogens with one attached hydrogen (secondary N) is 1. The molecular weight excluding hydrogens is 240 g/mol. The molecule has 1 unspecified atom stereocenters. The third-order valence-electron chi connectivity index (χ3n) is 2.93. The first-order chi connectivity index (χ1) is 8.08. The summed E-state index contributed by atoms with van der Waals surface area (Å²) in [6.07, 6.45) is 2.49. The molecular formula is C11H14N2O3S. The average Bonchev–Trinajstić information content (AvgIpc) is 3.02. The van der Waals surface area contributed by atoms with Crippen LogP contribution in [0.1, 0.15) is 40.1 Å². The molecule has 17 heavy (non-hydrogen) atoms. The van der Waals surface area contributed by atoms with E-state index in [4.69, 9.17) is 5.11 Å². The van der Waals surface area contributed by atoms with Crippen LogP contribution in [-0.2, 0) is 0 Å². The molecule has 0 saturated heterocycles. The van der Waals surface area contributed by atoms with Gasteiger partial charge in [0, 0.05) is 11.9 Å². The summed E-state index contributed by atoms with van der Waals surface area (Å²) in [6.45, 7) is 2.74. The minimum atomic E-state index is -1.10. The molecule has 0 spiro atoms. The number of hydrogen-bond acceptors (Lipinski definition) is 4. The van der Waals surface area contributed by atoms with Crippen LogP contribution in [0.25, 0.3) is 0 Å². The summed E-state index contributed by atoms with van der Waals surface area (Å²) in [6, 6.07) is 0. The van der Waals surface area contributed by atoms with E-state index in [1.165, 1.54) is 18.2 Å². The summed E-state index contributed by atoms with van der Waals surface area (Å²) >= 11 is 1.06. The molecule has 0 bridgehead atoms. The van der Waals surface area contributed by atoms with Crippen molar-refractivity contribution >= 4 is 23.2 Å². The number of thiazole rings is 1. The maximum Gasteiger partial charge on any atom is 0.355 e. The van der Waals surface area contributed by atoms with Crippen molar-refractivity contribution in [3.63, 3.8) is 0 Å². The van der Waals surface area contributed by atoms with Crippen molar-refractivity contribution < 1.29 is 14.7 Å². The average molecular weight is 254 g/mol. The summed E-state index contributed by atoms with van der Waals surface area (Å²) in [7, 11) is 0. The molecule has 1 fully saturated rings. The summed E-state index contributed by atoms with van der Waals surface area (Å²) in [4.78, 5) is 26.0. The Balaban J connectivity index is 1.87. The molecule has 1 aromatic heterocycles. The second-order valence-electron chi connectivity index (χ2n) is 4.37. The predicted octanol–water partition coefficient (Wildman–Crippen LogP) is 1.62. The molecule has 0 radical (unpaired) electrons. The highest BCUT2D eigenvalue weighted by atomic mass is 32.1. The maximum atomic E-state index is 11.7. The fourth-order valence-corrected chi connectivity index (χ4v) is 2.34. The Morgan fingerprint density at radius 3 is 2.88 bits per heavy atom. The fraction of sp³-hybridized carbons (Fsp3) is 0.545. The largest absolute Gasteiger partial charge is 0.476 e. The molecule has 6 heteroatoms. The lowest BCUT2D eigenvalue weighted by Crippen LogP contribution is -2.29. The van der Waals surface area contributed by atoms with Gasteiger partial charge < -0.3 is 10.4 Å². The zero-order valence-corrected chi connectivity index (χ0v) is 10.3. The van der Waals surface area contributed by atoms with Crippen LogP contribution in [0.5, 0.6) is 0 Å². The van der Waals surface area contributed by atoms with Crippen LogP contribution in [0, 0.1) is 11.8 Å². The van der Waals surface area contributed by atoms with E-state index < -0.39 is 5.97 Å². The van der Waals surface area contributed by atoms with E-state index in [9.17, 15) is 9.59 Å². The molecule has 0 aromatic carbocycles. The number of hydrogen-bond donors (Lipinski definition) is 2. The summed E-state index contributed by atoms with van der Waals surface area (Å²) in [5.41, 5.74) is -0.0737. The predicted molar refractivity (Wildman–Crippen MR) is 63.3 cm³/mol. The SMILES string of the molecule is CC(CNC(=O)c1nc(C(=O)O)cs1)C1CC1. The van der Waals surface area contributed by atoms with E-state index in [1.54, 1.807) is 0 Å². The molecule has 92 valence electrons. The Morgan fingerprint density at radius 2 is 2.35 bits per heavy atom. The fourth-order valence-electron chi connectivity index (χ4n) is 1.64. The van der Waals surface area contributed by atoms with Gasteiger partial charge in [-0.2, -0.15) is 0 Å². The van der Waals surface area contributed by atoms with Gasteiger partial charge in [0.25, 0.3) is 5.91 Å². The van der Waals surface area contributed by atoms with Crippen LogP contribution < -0.4 is 5.32 Å². The smallest absolute Gasteiger partial charge is 0.355 e. The van der Waals surface area contributed by atoms with E-state index in [-0.39, 0.29) is 16.6 Å². The van der Waals surface area contributed by atoms with Crippen molar-refractivity contribution in [3.05, 3.63) is 16.1 Å². The minimum absolute atomic E-state index is 0.0737. The second kappa shape index (κ2) is 4.83. The van der Waals surface area contributed by atoms with Crippen molar-refractivity contribution in [2.45, 2.75) is 19.8 Å². The Kier molecular flexibility index (Phi) is 3.42. The molecule has 1 saturated carbocycles. The molecule has 1 heterocycles. The monoisotopic (exact) mass is 254 g/mol. The standard InChI is InChI=1S/C11H14N2O3S/c1-6(7-2-3-7)4-12-9(14)10-13-8(5-17-10)11(15)16/h5-7H,2-4H2,1H3,(H,12,14)(H,15,16). The van der Waals surface area contributed by atoms with E-state index in [1.807, 2.05) is 0 Å². The van der Waals surface area contributed by atoms with Crippen molar-refractivity contribution in [1.82, 2.24) is 10.3 Å². The van der Waals surface area contributed by atoms with Gasteiger partial charge in [-0.05, 0) is 24.7 Å². The number of carboxylic acids is 1. The zero-order valence-electron chi connectivity index (χ0n) is 9.47. The minimum Gasteiger partial charge on any atom is -0.476 e.